The zero-order chi connectivity index (χ0) is 23.1. The molecule has 0 saturated heterocycles. The lowest BCUT2D eigenvalue weighted by molar-refractivity contribution is -0.112. The van der Waals surface area contributed by atoms with E-state index in [1.807, 2.05) is 24.3 Å². The highest BCUT2D eigenvalue weighted by atomic mass is 35.5. The lowest BCUT2D eigenvalue weighted by Gasteiger charge is -2.08. The van der Waals surface area contributed by atoms with Gasteiger partial charge in [-0.2, -0.15) is 14.6 Å². The van der Waals surface area contributed by atoms with Crippen LogP contribution in [-0.2, 0) is 21.2 Å². The van der Waals surface area contributed by atoms with Crippen molar-refractivity contribution in [1.82, 2.24) is 9.36 Å². The third kappa shape index (κ3) is 5.91. The van der Waals surface area contributed by atoms with Crippen LogP contribution in [0.1, 0.15) is 18.1 Å². The van der Waals surface area contributed by atoms with Gasteiger partial charge in [0.05, 0.1) is 5.75 Å². The minimum atomic E-state index is -3.58. The minimum Gasteiger partial charge on any atom is -0.489 e. The first-order valence-corrected chi connectivity index (χ1v) is 12.1. The Kier molecular flexibility index (Phi) is 7.58. The standard InChI is InChI=1S/C21H17ClN4O4S2/c1-2-32(28,29)21-25-20(31-26-21)24-19(27)16(12-23)11-14-7-9-17(10-8-14)30-13-15-5-3-4-6-18(15)22/h3-11H,2,13H2,1H3,(H,24,25,26,27)/b16-11-. The summed E-state index contributed by atoms with van der Waals surface area (Å²) >= 11 is 6.84. The number of nitrogens with zero attached hydrogens (tertiary/aromatic N) is 3. The number of rotatable bonds is 8. The van der Waals surface area contributed by atoms with E-state index >= 15 is 0 Å². The number of amides is 1. The first kappa shape index (κ1) is 23.4. The number of sulfone groups is 1. The van der Waals surface area contributed by atoms with Crippen LogP contribution in [0.5, 0.6) is 5.75 Å². The fourth-order valence-electron chi connectivity index (χ4n) is 2.43. The topological polar surface area (TPSA) is 122 Å². The highest BCUT2D eigenvalue weighted by Crippen LogP contribution is 2.20. The van der Waals surface area contributed by atoms with Gasteiger partial charge in [0.15, 0.2) is 0 Å². The number of benzene rings is 2. The zero-order valence-electron chi connectivity index (χ0n) is 16.8. The molecule has 1 amide bonds. The summed E-state index contributed by atoms with van der Waals surface area (Å²) in [5.74, 6) is -0.273. The van der Waals surface area contributed by atoms with Crippen molar-refractivity contribution >= 4 is 50.1 Å². The van der Waals surface area contributed by atoms with Crippen molar-refractivity contribution < 1.29 is 17.9 Å². The van der Waals surface area contributed by atoms with Crippen LogP contribution in [0.2, 0.25) is 5.02 Å². The quantitative estimate of drug-likeness (QED) is 0.374. The average Bonchev–Trinajstić information content (AvgIpc) is 3.27. The molecule has 164 valence electrons. The minimum absolute atomic E-state index is 0.00787. The Bertz CT molecular complexity index is 1300. The van der Waals surface area contributed by atoms with Gasteiger partial charge in [-0.3, -0.25) is 10.1 Å². The normalized spacial score (nSPS) is 11.6. The fourth-order valence-corrected chi connectivity index (χ4v) is 4.21. The Morgan fingerprint density at radius 2 is 1.97 bits per heavy atom. The largest absolute Gasteiger partial charge is 0.489 e. The van der Waals surface area contributed by atoms with Crippen molar-refractivity contribution in [1.29, 1.82) is 5.26 Å². The first-order chi connectivity index (χ1) is 15.3. The smallest absolute Gasteiger partial charge is 0.268 e. The predicted octanol–water partition coefficient (Wildman–Crippen LogP) is 4.11. The number of ether oxygens (including phenoxy) is 1. The molecule has 0 bridgehead atoms. The highest BCUT2D eigenvalue weighted by Gasteiger charge is 2.20. The van der Waals surface area contributed by atoms with Gasteiger partial charge in [0, 0.05) is 22.1 Å². The van der Waals surface area contributed by atoms with E-state index in [1.54, 1.807) is 30.3 Å². The molecule has 0 aliphatic carbocycles. The number of aromatic nitrogens is 2. The van der Waals surface area contributed by atoms with Crippen molar-refractivity contribution in [3.8, 4) is 11.8 Å². The molecule has 0 saturated carbocycles. The molecule has 8 nitrogen and oxygen atoms in total. The number of carbonyl (C=O) groups is 1. The summed E-state index contributed by atoms with van der Waals surface area (Å²) in [6.45, 7) is 1.77. The summed E-state index contributed by atoms with van der Waals surface area (Å²) in [6, 6.07) is 16.0. The molecule has 2 aromatic carbocycles. The maximum absolute atomic E-state index is 12.4. The monoisotopic (exact) mass is 488 g/mol. The van der Waals surface area contributed by atoms with Crippen LogP contribution >= 0.6 is 23.1 Å². The van der Waals surface area contributed by atoms with Crippen molar-refractivity contribution in [2.75, 3.05) is 11.1 Å². The Labute approximate surface area is 194 Å². The van der Waals surface area contributed by atoms with Crippen LogP contribution in [0.15, 0.2) is 59.3 Å². The lowest BCUT2D eigenvalue weighted by Crippen LogP contribution is -2.13. The predicted molar refractivity (Wildman–Crippen MR) is 122 cm³/mol. The number of hydrogen-bond donors (Lipinski definition) is 1. The number of hydrogen-bond acceptors (Lipinski definition) is 8. The van der Waals surface area contributed by atoms with Crippen LogP contribution in [0.4, 0.5) is 5.13 Å². The summed E-state index contributed by atoms with van der Waals surface area (Å²) in [6.07, 6.45) is 1.40. The number of nitrogens with one attached hydrogen (secondary N) is 1. The first-order valence-electron chi connectivity index (χ1n) is 9.28. The average molecular weight is 489 g/mol. The molecule has 0 aliphatic rings. The molecule has 0 radical (unpaired) electrons. The third-order valence-corrected chi connectivity index (χ3v) is 6.81. The van der Waals surface area contributed by atoms with Crippen molar-refractivity contribution in [3.63, 3.8) is 0 Å². The molecule has 0 fully saturated rings. The molecule has 1 heterocycles. The van der Waals surface area contributed by atoms with Gasteiger partial charge < -0.3 is 4.74 Å². The van der Waals surface area contributed by atoms with Gasteiger partial charge in [0.1, 0.15) is 24.0 Å². The van der Waals surface area contributed by atoms with Gasteiger partial charge >= 0.3 is 0 Å². The van der Waals surface area contributed by atoms with E-state index in [0.29, 0.717) is 22.9 Å². The number of carbonyl (C=O) groups excluding carboxylic acids is 1. The van der Waals surface area contributed by atoms with E-state index in [4.69, 9.17) is 16.3 Å². The summed E-state index contributed by atoms with van der Waals surface area (Å²) in [7, 11) is -3.58. The molecule has 0 unspecified atom stereocenters. The second kappa shape index (κ2) is 10.4. The molecule has 32 heavy (non-hydrogen) atoms. The number of nitriles is 1. The Morgan fingerprint density at radius 3 is 2.62 bits per heavy atom. The molecule has 0 spiro atoms. The van der Waals surface area contributed by atoms with Crippen LogP contribution in [0.3, 0.4) is 0 Å². The van der Waals surface area contributed by atoms with Crippen LogP contribution in [0, 0.1) is 11.3 Å². The van der Waals surface area contributed by atoms with Crippen molar-refractivity contribution in [2.45, 2.75) is 18.7 Å². The van der Waals surface area contributed by atoms with Crippen molar-refractivity contribution in [2.24, 2.45) is 0 Å². The second-order valence-electron chi connectivity index (χ2n) is 6.36. The third-order valence-electron chi connectivity index (χ3n) is 4.19. The van der Waals surface area contributed by atoms with Gasteiger partial charge in [-0.1, -0.05) is 48.9 Å². The van der Waals surface area contributed by atoms with Crippen molar-refractivity contribution in [3.05, 3.63) is 70.3 Å². The lowest BCUT2D eigenvalue weighted by atomic mass is 10.1. The molecule has 1 N–H and O–H groups in total. The summed E-state index contributed by atoms with van der Waals surface area (Å²) in [4.78, 5) is 16.2. The van der Waals surface area contributed by atoms with Crippen LogP contribution < -0.4 is 10.1 Å². The van der Waals surface area contributed by atoms with Crippen LogP contribution in [-0.4, -0.2) is 29.4 Å². The van der Waals surface area contributed by atoms with Gasteiger partial charge in [0.25, 0.3) is 11.1 Å². The summed E-state index contributed by atoms with van der Waals surface area (Å²) in [5.41, 5.74) is 1.28. The van der Waals surface area contributed by atoms with Gasteiger partial charge in [-0.15, -0.1) is 0 Å². The zero-order valence-corrected chi connectivity index (χ0v) is 19.2. The second-order valence-corrected chi connectivity index (χ2v) is 9.69. The number of anilines is 1. The highest BCUT2D eigenvalue weighted by molar-refractivity contribution is 7.91. The Morgan fingerprint density at radius 1 is 1.25 bits per heavy atom. The van der Waals surface area contributed by atoms with E-state index < -0.39 is 15.7 Å². The van der Waals surface area contributed by atoms with Gasteiger partial charge in [-0.25, -0.2) is 8.42 Å². The maximum atomic E-state index is 12.4. The SMILES string of the molecule is CCS(=O)(=O)c1nsc(NC(=O)/C(C#N)=C\c2ccc(OCc3ccccc3Cl)cc2)n1. The molecular weight excluding hydrogens is 472 g/mol. The van der Waals surface area contributed by atoms with Gasteiger partial charge in [0.2, 0.25) is 15.0 Å². The maximum Gasteiger partial charge on any atom is 0.268 e. The molecule has 3 rings (SSSR count). The summed E-state index contributed by atoms with van der Waals surface area (Å²) < 4.78 is 33.0. The van der Waals surface area contributed by atoms with E-state index in [1.165, 1.54) is 13.0 Å². The Balaban J connectivity index is 1.66. The van der Waals surface area contributed by atoms with Crippen LogP contribution in [0.25, 0.3) is 6.08 Å². The fraction of sp³-hybridized carbons (Fsp3) is 0.143. The molecule has 0 aliphatic heterocycles. The molecule has 11 heteroatoms. The molecule has 1 aromatic heterocycles. The van der Waals surface area contributed by atoms with E-state index in [0.717, 1.165) is 17.1 Å². The Hall–Kier alpha value is -3.26. The summed E-state index contributed by atoms with van der Waals surface area (Å²) in [5, 5.41) is 12.0. The van der Waals surface area contributed by atoms with Gasteiger partial charge in [-0.05, 0) is 29.8 Å². The molecular formula is C21H17ClN4O4S2. The van der Waals surface area contributed by atoms with E-state index in [-0.39, 0.29) is 21.6 Å². The molecule has 0 atom stereocenters. The molecule has 3 aromatic rings. The van der Waals surface area contributed by atoms with E-state index in [9.17, 15) is 18.5 Å². The number of halogens is 1. The van der Waals surface area contributed by atoms with E-state index in [2.05, 4.69) is 14.7 Å².